The molecule has 0 saturated carbocycles. The number of hydrogen-bond donors (Lipinski definition) is 0. The zero-order valence-corrected chi connectivity index (χ0v) is 17.3. The summed E-state index contributed by atoms with van der Waals surface area (Å²) in [5.41, 5.74) is 1.84. The number of rotatable bonds is 3. The Morgan fingerprint density at radius 3 is 2.14 bits per heavy atom. The lowest BCUT2D eigenvalue weighted by atomic mass is 9.92. The molecular weight excluding hydrogens is 421 g/mol. The van der Waals surface area contributed by atoms with Crippen LogP contribution < -0.4 is 10.5 Å². The lowest BCUT2D eigenvalue weighted by Gasteiger charge is -2.44. The van der Waals surface area contributed by atoms with Gasteiger partial charge in [0.25, 0.3) is 5.56 Å². The predicted octanol–water partition coefficient (Wildman–Crippen LogP) is 4.49. The number of carbonyl (C=O) groups excluding carboxylic acids is 1. The molecule has 0 radical (unpaired) electrons. The van der Waals surface area contributed by atoms with Gasteiger partial charge >= 0.3 is 0 Å². The van der Waals surface area contributed by atoms with E-state index in [1.165, 1.54) is 9.58 Å². The van der Waals surface area contributed by atoms with Gasteiger partial charge in [0.05, 0.1) is 17.4 Å². The molecule has 3 aromatic rings. The number of halogens is 3. The lowest BCUT2D eigenvalue weighted by Crippen LogP contribution is -2.58. The van der Waals surface area contributed by atoms with Gasteiger partial charge in [-0.2, -0.15) is 0 Å². The third-order valence-corrected chi connectivity index (χ3v) is 6.17. The zero-order valence-electron chi connectivity index (χ0n) is 15.1. The fraction of sp³-hybridized carbons (Fsp3) is 0.200. The van der Waals surface area contributed by atoms with E-state index in [-0.39, 0.29) is 17.2 Å². The molecule has 0 aliphatic carbocycles. The molecule has 2 heterocycles. The maximum atomic E-state index is 13.3. The van der Waals surface area contributed by atoms with Gasteiger partial charge in [0, 0.05) is 22.7 Å². The summed E-state index contributed by atoms with van der Waals surface area (Å²) in [6.45, 7) is 1.79. The number of aromatic nitrogens is 2. The van der Waals surface area contributed by atoms with Gasteiger partial charge in [-0.15, -0.1) is 11.6 Å². The molecule has 28 heavy (non-hydrogen) atoms. The topological polar surface area (TPSA) is 47.2 Å². The van der Waals surface area contributed by atoms with Crippen molar-refractivity contribution in [2.75, 3.05) is 4.90 Å². The molecular formula is C20H16Cl3N3O2. The Morgan fingerprint density at radius 1 is 0.929 bits per heavy atom. The second kappa shape index (κ2) is 6.99. The second-order valence-electron chi connectivity index (χ2n) is 6.60. The molecule has 144 valence electrons. The maximum absolute atomic E-state index is 13.3. The van der Waals surface area contributed by atoms with Gasteiger partial charge in [-0.3, -0.25) is 19.2 Å². The van der Waals surface area contributed by atoms with Gasteiger partial charge in [-0.25, -0.2) is 4.68 Å². The van der Waals surface area contributed by atoms with Crippen molar-refractivity contribution in [3.8, 4) is 5.69 Å². The van der Waals surface area contributed by atoms with E-state index in [0.29, 0.717) is 27.0 Å². The van der Waals surface area contributed by atoms with Crippen LogP contribution in [0.3, 0.4) is 0 Å². The zero-order chi connectivity index (χ0) is 20.2. The molecule has 2 aromatic carbocycles. The van der Waals surface area contributed by atoms with Crippen LogP contribution in [-0.4, -0.2) is 20.6 Å². The summed E-state index contributed by atoms with van der Waals surface area (Å²) in [6, 6.07) is 13.7. The number of anilines is 1. The molecule has 1 amide bonds. The third kappa shape index (κ3) is 2.69. The minimum Gasteiger partial charge on any atom is -0.295 e. The minimum atomic E-state index is -0.846. The van der Waals surface area contributed by atoms with Crippen molar-refractivity contribution in [2.45, 2.75) is 18.3 Å². The molecule has 1 aliphatic heterocycles. The summed E-state index contributed by atoms with van der Waals surface area (Å²) in [7, 11) is 1.77. The summed E-state index contributed by atoms with van der Waals surface area (Å²) in [4.78, 5) is 27.4. The standard InChI is InChI=1S/C20H16Cl3N3O2/c1-11-17(20(28)26(24(11)2)12-7-4-3-5-8-12)25-18(16(23)19(25)27)15-13(21)9-6-10-14(15)22/h3-10,16,18H,1-2H3/t16-,18-/m0/s1. The van der Waals surface area contributed by atoms with Crippen LogP contribution in [-0.2, 0) is 11.8 Å². The smallest absolute Gasteiger partial charge is 0.295 e. The molecule has 2 atom stereocenters. The molecule has 5 nitrogen and oxygen atoms in total. The first-order chi connectivity index (χ1) is 13.3. The Balaban J connectivity index is 1.90. The highest BCUT2D eigenvalue weighted by Crippen LogP contribution is 2.46. The average molecular weight is 437 g/mol. The summed E-state index contributed by atoms with van der Waals surface area (Å²) >= 11 is 19.0. The quantitative estimate of drug-likeness (QED) is 0.449. The third-order valence-electron chi connectivity index (χ3n) is 5.09. The van der Waals surface area contributed by atoms with Crippen molar-refractivity contribution >= 4 is 46.4 Å². The first-order valence-corrected chi connectivity index (χ1v) is 9.79. The van der Waals surface area contributed by atoms with E-state index >= 15 is 0 Å². The number of alkyl halides is 1. The van der Waals surface area contributed by atoms with Crippen molar-refractivity contribution in [3.63, 3.8) is 0 Å². The molecule has 8 heteroatoms. The number of hydrogen-bond acceptors (Lipinski definition) is 2. The number of β-lactam (4-membered cyclic amide) rings is 1. The number of benzene rings is 2. The molecule has 1 aromatic heterocycles. The Labute approximate surface area is 176 Å². The van der Waals surface area contributed by atoms with E-state index in [4.69, 9.17) is 34.8 Å². The Bertz CT molecular complexity index is 1120. The van der Waals surface area contributed by atoms with E-state index in [1.54, 1.807) is 36.9 Å². The van der Waals surface area contributed by atoms with Crippen LogP contribution in [0.4, 0.5) is 5.69 Å². The predicted molar refractivity (Wildman–Crippen MR) is 112 cm³/mol. The molecule has 0 bridgehead atoms. The lowest BCUT2D eigenvalue weighted by molar-refractivity contribution is -0.123. The normalized spacial score (nSPS) is 19.0. The Hall–Kier alpha value is -2.21. The highest BCUT2D eigenvalue weighted by atomic mass is 35.5. The minimum absolute atomic E-state index is 0.272. The van der Waals surface area contributed by atoms with E-state index in [2.05, 4.69) is 0 Å². The average Bonchev–Trinajstić information content (AvgIpc) is 2.90. The monoisotopic (exact) mass is 435 g/mol. The second-order valence-corrected chi connectivity index (χ2v) is 7.88. The van der Waals surface area contributed by atoms with Crippen LogP contribution in [0.1, 0.15) is 17.3 Å². The molecule has 1 fully saturated rings. The molecule has 0 spiro atoms. The number of amides is 1. The Morgan fingerprint density at radius 2 is 1.54 bits per heavy atom. The summed E-state index contributed by atoms with van der Waals surface area (Å²) in [6.07, 6.45) is 0. The van der Waals surface area contributed by atoms with Crippen LogP contribution in [0, 0.1) is 6.92 Å². The van der Waals surface area contributed by atoms with E-state index in [9.17, 15) is 9.59 Å². The van der Waals surface area contributed by atoms with E-state index in [0.717, 1.165) is 0 Å². The molecule has 4 rings (SSSR count). The summed E-state index contributed by atoms with van der Waals surface area (Å²) < 4.78 is 3.23. The molecule has 0 N–H and O–H groups in total. The van der Waals surface area contributed by atoms with E-state index in [1.807, 2.05) is 30.3 Å². The van der Waals surface area contributed by atoms with Gasteiger partial charge in [-0.1, -0.05) is 47.5 Å². The Kier molecular flexibility index (Phi) is 4.78. The molecule has 1 saturated heterocycles. The fourth-order valence-electron chi connectivity index (χ4n) is 3.60. The number of carbonyl (C=O) groups is 1. The molecule has 0 unspecified atom stereocenters. The first-order valence-electron chi connectivity index (χ1n) is 8.59. The van der Waals surface area contributed by atoms with Crippen LogP contribution >= 0.6 is 34.8 Å². The van der Waals surface area contributed by atoms with Crippen molar-refractivity contribution in [3.05, 3.63) is 80.2 Å². The van der Waals surface area contributed by atoms with E-state index < -0.39 is 11.4 Å². The van der Waals surface area contributed by atoms with Crippen molar-refractivity contribution in [1.29, 1.82) is 0 Å². The number of para-hydroxylation sites is 1. The SMILES string of the molecule is Cc1c(N2C(=O)[C@@H](Cl)[C@@H]2c2c(Cl)cccc2Cl)c(=O)n(-c2ccccc2)n1C. The van der Waals surface area contributed by atoms with Gasteiger partial charge < -0.3 is 0 Å². The highest BCUT2D eigenvalue weighted by Gasteiger charge is 2.51. The largest absolute Gasteiger partial charge is 0.295 e. The van der Waals surface area contributed by atoms with Gasteiger partial charge in [0.1, 0.15) is 11.1 Å². The van der Waals surface area contributed by atoms with Crippen molar-refractivity contribution in [2.24, 2.45) is 7.05 Å². The fourth-order valence-corrected chi connectivity index (χ4v) is 4.57. The van der Waals surface area contributed by atoms with Crippen LogP contribution in [0.5, 0.6) is 0 Å². The van der Waals surface area contributed by atoms with Gasteiger partial charge in [-0.05, 0) is 31.2 Å². The number of nitrogens with zero attached hydrogens (tertiary/aromatic N) is 3. The summed E-state index contributed by atoms with van der Waals surface area (Å²) in [5.74, 6) is -0.353. The maximum Gasteiger partial charge on any atom is 0.295 e. The van der Waals surface area contributed by atoms with Crippen molar-refractivity contribution < 1.29 is 4.79 Å². The highest BCUT2D eigenvalue weighted by molar-refractivity contribution is 6.40. The van der Waals surface area contributed by atoms with Crippen LogP contribution in [0.15, 0.2) is 53.3 Å². The molecule has 1 aliphatic rings. The van der Waals surface area contributed by atoms with Gasteiger partial charge in [0.15, 0.2) is 0 Å². The van der Waals surface area contributed by atoms with Crippen LogP contribution in [0.25, 0.3) is 5.69 Å². The first kappa shape index (κ1) is 19.1. The van der Waals surface area contributed by atoms with Crippen LogP contribution in [0.2, 0.25) is 10.0 Å². The summed E-state index contributed by atoms with van der Waals surface area (Å²) in [5, 5.41) is -0.0446. The van der Waals surface area contributed by atoms with Crippen molar-refractivity contribution in [1.82, 2.24) is 9.36 Å². The van der Waals surface area contributed by atoms with Gasteiger partial charge in [0.2, 0.25) is 5.91 Å².